The summed E-state index contributed by atoms with van der Waals surface area (Å²) < 4.78 is 1.27. The van der Waals surface area contributed by atoms with Gasteiger partial charge in [-0.05, 0) is 88.5 Å². The van der Waals surface area contributed by atoms with Gasteiger partial charge in [-0.25, -0.2) is 4.98 Å². The Balaban J connectivity index is 1.53. The molecule has 0 bridgehead atoms. The van der Waals surface area contributed by atoms with Crippen molar-refractivity contribution in [3.63, 3.8) is 0 Å². The lowest BCUT2D eigenvalue weighted by Crippen LogP contribution is -2.17. The number of nitrogen functional groups attached to an aromatic ring is 1. The van der Waals surface area contributed by atoms with Crippen LogP contribution in [0.25, 0.3) is 22.2 Å². The predicted octanol–water partition coefficient (Wildman–Crippen LogP) is 5.48. The summed E-state index contributed by atoms with van der Waals surface area (Å²) in [7, 11) is 0. The highest BCUT2D eigenvalue weighted by Gasteiger charge is 2.10. The Labute approximate surface area is 176 Å². The maximum Gasteiger partial charge on any atom is 0.0763 e. The average Bonchev–Trinajstić information content (AvgIpc) is 3.20. The Kier molecular flexibility index (Phi) is 5.71. The number of nitrogens with zero attached hydrogens (tertiary/aromatic N) is 1. The molecular formula is C22H20IN3S. The molecule has 2 aromatic carbocycles. The van der Waals surface area contributed by atoms with Crippen LogP contribution >= 0.6 is 33.9 Å². The molecule has 0 unspecified atom stereocenters. The first kappa shape index (κ1) is 18.4. The molecule has 0 atom stereocenters. The summed E-state index contributed by atoms with van der Waals surface area (Å²) in [5.41, 5.74) is 12.4. The highest BCUT2D eigenvalue weighted by molar-refractivity contribution is 14.1. The maximum absolute atomic E-state index is 5.94. The third-order valence-corrected chi connectivity index (χ3v) is 5.94. The van der Waals surface area contributed by atoms with E-state index in [0.717, 1.165) is 41.8 Å². The lowest BCUT2D eigenvalue weighted by atomic mass is 10.0. The molecular weight excluding hydrogens is 465 g/mol. The fourth-order valence-electron chi connectivity index (χ4n) is 3.12. The summed E-state index contributed by atoms with van der Waals surface area (Å²) in [5, 5.41) is 8.94. The molecule has 0 amide bonds. The number of rotatable bonds is 6. The van der Waals surface area contributed by atoms with Crippen LogP contribution in [-0.4, -0.2) is 11.5 Å². The van der Waals surface area contributed by atoms with Crippen LogP contribution in [0.15, 0.2) is 65.4 Å². The van der Waals surface area contributed by atoms with E-state index < -0.39 is 0 Å². The third-order valence-electron chi connectivity index (χ3n) is 4.53. The van der Waals surface area contributed by atoms with E-state index in [1.54, 1.807) is 11.3 Å². The van der Waals surface area contributed by atoms with Crippen molar-refractivity contribution < 1.29 is 0 Å². The normalized spacial score (nSPS) is 11.1. The zero-order chi connectivity index (χ0) is 18.6. The number of fused-ring (bicyclic) bond motifs is 1. The first-order chi connectivity index (χ1) is 13.2. The van der Waals surface area contributed by atoms with E-state index in [4.69, 9.17) is 10.7 Å². The molecule has 0 saturated carbocycles. The Hall–Kier alpha value is -1.96. The topological polar surface area (TPSA) is 50.9 Å². The van der Waals surface area contributed by atoms with Crippen molar-refractivity contribution in [3.8, 4) is 11.3 Å². The lowest BCUT2D eigenvalue weighted by Gasteiger charge is -2.12. The van der Waals surface area contributed by atoms with Gasteiger partial charge in [0.2, 0.25) is 0 Å². The number of nitrogens with two attached hydrogens (primary N) is 1. The van der Waals surface area contributed by atoms with E-state index in [0.29, 0.717) is 0 Å². The van der Waals surface area contributed by atoms with E-state index in [-0.39, 0.29) is 0 Å². The number of thiophene rings is 1. The van der Waals surface area contributed by atoms with Crippen LogP contribution in [0.1, 0.15) is 11.1 Å². The molecule has 0 saturated heterocycles. The van der Waals surface area contributed by atoms with Gasteiger partial charge in [0.1, 0.15) is 0 Å². The first-order valence-corrected chi connectivity index (χ1v) is 10.9. The molecule has 3 nitrogen and oxygen atoms in total. The number of pyridine rings is 1. The van der Waals surface area contributed by atoms with Crippen molar-refractivity contribution in [1.82, 2.24) is 10.3 Å². The zero-order valence-corrected chi connectivity index (χ0v) is 17.8. The minimum absolute atomic E-state index is 0.745. The van der Waals surface area contributed by atoms with Gasteiger partial charge in [-0.15, -0.1) is 0 Å². The van der Waals surface area contributed by atoms with Crippen LogP contribution in [0.3, 0.4) is 0 Å². The van der Waals surface area contributed by atoms with Crippen molar-refractivity contribution in [2.24, 2.45) is 0 Å². The van der Waals surface area contributed by atoms with E-state index in [2.05, 4.69) is 75.1 Å². The van der Waals surface area contributed by atoms with Gasteiger partial charge >= 0.3 is 0 Å². The Morgan fingerprint density at radius 1 is 1.04 bits per heavy atom. The van der Waals surface area contributed by atoms with Crippen LogP contribution in [0, 0.1) is 3.57 Å². The maximum atomic E-state index is 5.94. The zero-order valence-electron chi connectivity index (χ0n) is 14.8. The predicted molar refractivity (Wildman–Crippen MR) is 124 cm³/mol. The van der Waals surface area contributed by atoms with Crippen LogP contribution in [0.4, 0.5) is 5.69 Å². The van der Waals surface area contributed by atoms with Gasteiger partial charge in [0.15, 0.2) is 0 Å². The molecule has 0 spiro atoms. The van der Waals surface area contributed by atoms with E-state index in [1.165, 1.54) is 20.3 Å². The Morgan fingerprint density at radius 3 is 2.67 bits per heavy atom. The SMILES string of the molecule is Nc1ccc2cc(CNCCc3ccc(I)cc3)c(-c3ccsc3)nc2c1. The van der Waals surface area contributed by atoms with E-state index in [1.807, 2.05) is 18.2 Å². The van der Waals surface area contributed by atoms with Crippen molar-refractivity contribution in [1.29, 1.82) is 0 Å². The highest BCUT2D eigenvalue weighted by Crippen LogP contribution is 2.28. The fraction of sp³-hybridized carbons (Fsp3) is 0.136. The van der Waals surface area contributed by atoms with E-state index >= 15 is 0 Å². The molecule has 136 valence electrons. The second kappa shape index (κ2) is 8.37. The van der Waals surface area contributed by atoms with E-state index in [9.17, 15) is 0 Å². The largest absolute Gasteiger partial charge is 0.399 e. The highest BCUT2D eigenvalue weighted by atomic mass is 127. The Bertz CT molecular complexity index is 1040. The summed E-state index contributed by atoms with van der Waals surface area (Å²) in [6.45, 7) is 1.73. The summed E-state index contributed by atoms with van der Waals surface area (Å²) >= 11 is 4.03. The fourth-order valence-corrected chi connectivity index (χ4v) is 4.12. The summed E-state index contributed by atoms with van der Waals surface area (Å²) in [6, 6.07) is 19.0. The van der Waals surface area contributed by atoms with Gasteiger partial charge in [0.05, 0.1) is 11.2 Å². The van der Waals surface area contributed by atoms with Crippen molar-refractivity contribution in [2.45, 2.75) is 13.0 Å². The van der Waals surface area contributed by atoms with Gasteiger partial charge in [0, 0.05) is 32.1 Å². The minimum Gasteiger partial charge on any atom is -0.399 e. The number of hydrogen-bond acceptors (Lipinski definition) is 4. The number of benzene rings is 2. The monoisotopic (exact) mass is 485 g/mol. The molecule has 27 heavy (non-hydrogen) atoms. The average molecular weight is 485 g/mol. The number of nitrogens with one attached hydrogen (secondary N) is 1. The standard InChI is InChI=1S/C22H20IN3S/c23-19-4-1-15(2-5-19)7-9-25-13-18-11-16-3-6-20(24)12-21(16)26-22(18)17-8-10-27-14-17/h1-6,8,10-12,14,25H,7,9,13,24H2. The van der Waals surface area contributed by atoms with Crippen molar-refractivity contribution in [3.05, 3.63) is 80.1 Å². The quantitative estimate of drug-likeness (QED) is 0.216. The number of halogens is 1. The van der Waals surface area contributed by atoms with Crippen LogP contribution in [0.2, 0.25) is 0 Å². The number of hydrogen-bond donors (Lipinski definition) is 2. The van der Waals surface area contributed by atoms with Gasteiger partial charge in [0.25, 0.3) is 0 Å². The number of aromatic nitrogens is 1. The molecule has 0 aliphatic heterocycles. The first-order valence-electron chi connectivity index (χ1n) is 8.86. The number of anilines is 1. The molecule has 3 N–H and O–H groups in total. The second-order valence-electron chi connectivity index (χ2n) is 6.51. The molecule has 5 heteroatoms. The van der Waals surface area contributed by atoms with Gasteiger partial charge in [-0.2, -0.15) is 11.3 Å². The van der Waals surface area contributed by atoms with Crippen molar-refractivity contribution in [2.75, 3.05) is 12.3 Å². The molecule has 4 aromatic rings. The molecule has 2 aromatic heterocycles. The smallest absolute Gasteiger partial charge is 0.0763 e. The molecule has 0 radical (unpaired) electrons. The van der Waals surface area contributed by atoms with Crippen molar-refractivity contribution >= 4 is 50.5 Å². The second-order valence-corrected chi connectivity index (χ2v) is 8.54. The third kappa shape index (κ3) is 4.48. The van der Waals surface area contributed by atoms with Crippen LogP contribution in [-0.2, 0) is 13.0 Å². The summed E-state index contributed by atoms with van der Waals surface area (Å²) in [6.07, 6.45) is 1.02. The summed E-state index contributed by atoms with van der Waals surface area (Å²) in [4.78, 5) is 4.91. The van der Waals surface area contributed by atoms with Gasteiger partial charge in [-0.1, -0.05) is 18.2 Å². The molecule has 4 rings (SSSR count). The molecule has 0 fully saturated rings. The molecule has 2 heterocycles. The molecule has 0 aliphatic carbocycles. The van der Waals surface area contributed by atoms with Gasteiger partial charge < -0.3 is 11.1 Å². The van der Waals surface area contributed by atoms with Gasteiger partial charge in [-0.3, -0.25) is 0 Å². The summed E-state index contributed by atoms with van der Waals surface area (Å²) in [5.74, 6) is 0. The van der Waals surface area contributed by atoms with Crippen LogP contribution in [0.5, 0.6) is 0 Å². The molecule has 0 aliphatic rings. The Morgan fingerprint density at radius 2 is 1.89 bits per heavy atom. The lowest BCUT2D eigenvalue weighted by molar-refractivity contribution is 0.687. The van der Waals surface area contributed by atoms with Crippen LogP contribution < -0.4 is 11.1 Å². The minimum atomic E-state index is 0.745.